The van der Waals surface area contributed by atoms with E-state index in [-0.39, 0.29) is 17.2 Å². The number of benzene rings is 2. The van der Waals surface area contributed by atoms with Crippen LogP contribution < -0.4 is 10.6 Å². The lowest BCUT2D eigenvalue weighted by molar-refractivity contribution is -0.119. The van der Waals surface area contributed by atoms with Gasteiger partial charge in [-0.25, -0.2) is 9.78 Å². The highest BCUT2D eigenvalue weighted by Gasteiger charge is 2.42. The summed E-state index contributed by atoms with van der Waals surface area (Å²) in [6.07, 6.45) is 1.50. The fraction of sp³-hybridized carbons (Fsp3) is 0.280. The van der Waals surface area contributed by atoms with Crippen molar-refractivity contribution in [3.63, 3.8) is 0 Å². The van der Waals surface area contributed by atoms with E-state index in [9.17, 15) is 19.5 Å². The standard InChI is InChI=1S/C25H24N4O4S2/c30-22(26-18-10-11-18)17-8-6-16(7-9-17)19-13-35-24(27-19)28-23(31)20-14-34-21(29(20)25(32)33)12-15-4-2-1-3-5-15/h1-9,13,18,20-21H,10-12,14H2,(H,26,30)(H,32,33)(H,27,28,31). The van der Waals surface area contributed by atoms with E-state index in [0.717, 1.165) is 24.0 Å². The highest BCUT2D eigenvalue weighted by Crippen LogP contribution is 2.33. The molecule has 5 rings (SSSR count). The molecule has 10 heteroatoms. The molecule has 35 heavy (non-hydrogen) atoms. The first-order chi connectivity index (χ1) is 17.0. The van der Waals surface area contributed by atoms with E-state index in [2.05, 4.69) is 15.6 Å². The number of nitrogens with one attached hydrogen (secondary N) is 2. The van der Waals surface area contributed by atoms with Crippen molar-refractivity contribution in [2.45, 2.75) is 36.7 Å². The van der Waals surface area contributed by atoms with E-state index in [1.54, 1.807) is 12.1 Å². The number of anilines is 1. The molecule has 2 fully saturated rings. The molecule has 180 valence electrons. The number of thioether (sulfide) groups is 1. The SMILES string of the molecule is O=C(NC1CC1)c1ccc(-c2csc(NC(=O)C3CSC(Cc4ccccc4)N3C(=O)O)n2)cc1. The summed E-state index contributed by atoms with van der Waals surface area (Å²) >= 11 is 2.74. The molecular weight excluding hydrogens is 484 g/mol. The lowest BCUT2D eigenvalue weighted by Gasteiger charge is -2.25. The van der Waals surface area contributed by atoms with Gasteiger partial charge in [0.2, 0.25) is 5.91 Å². The van der Waals surface area contributed by atoms with Crippen molar-refractivity contribution in [1.29, 1.82) is 0 Å². The number of rotatable bonds is 7. The Morgan fingerprint density at radius 3 is 2.49 bits per heavy atom. The van der Waals surface area contributed by atoms with Gasteiger partial charge in [0.1, 0.15) is 6.04 Å². The van der Waals surface area contributed by atoms with Gasteiger partial charge >= 0.3 is 6.09 Å². The summed E-state index contributed by atoms with van der Waals surface area (Å²) in [7, 11) is 0. The number of hydrogen-bond donors (Lipinski definition) is 3. The summed E-state index contributed by atoms with van der Waals surface area (Å²) in [6, 6.07) is 16.4. The second-order valence-electron chi connectivity index (χ2n) is 8.54. The van der Waals surface area contributed by atoms with Crippen LogP contribution in [-0.2, 0) is 11.2 Å². The van der Waals surface area contributed by atoms with Crippen LogP contribution in [0, 0.1) is 0 Å². The predicted molar refractivity (Wildman–Crippen MR) is 137 cm³/mol. The molecule has 2 heterocycles. The van der Waals surface area contributed by atoms with E-state index < -0.39 is 12.1 Å². The van der Waals surface area contributed by atoms with E-state index in [4.69, 9.17) is 0 Å². The monoisotopic (exact) mass is 508 g/mol. The molecular formula is C25H24N4O4S2. The zero-order valence-electron chi connectivity index (χ0n) is 18.7. The third kappa shape index (κ3) is 5.49. The fourth-order valence-corrected chi connectivity index (χ4v) is 6.08. The van der Waals surface area contributed by atoms with Gasteiger partial charge in [-0.05, 0) is 30.5 Å². The number of carboxylic acid groups (broad SMARTS) is 1. The third-order valence-electron chi connectivity index (χ3n) is 5.96. The number of nitrogens with zero attached hydrogens (tertiary/aromatic N) is 2. The molecule has 1 saturated carbocycles. The minimum absolute atomic E-state index is 0.0757. The highest BCUT2D eigenvalue weighted by atomic mass is 32.2. The molecule has 3 N–H and O–H groups in total. The maximum absolute atomic E-state index is 13.0. The van der Waals surface area contributed by atoms with Crippen molar-refractivity contribution in [2.75, 3.05) is 11.1 Å². The molecule has 3 aromatic rings. The number of amides is 3. The number of thiazole rings is 1. The van der Waals surface area contributed by atoms with Crippen LogP contribution in [0.3, 0.4) is 0 Å². The van der Waals surface area contributed by atoms with E-state index in [1.165, 1.54) is 28.0 Å². The van der Waals surface area contributed by atoms with Crippen LogP contribution in [-0.4, -0.2) is 56.1 Å². The van der Waals surface area contributed by atoms with Crippen LogP contribution >= 0.6 is 23.1 Å². The maximum atomic E-state index is 13.0. The van der Waals surface area contributed by atoms with E-state index in [0.29, 0.717) is 34.6 Å². The molecule has 2 atom stereocenters. The van der Waals surface area contributed by atoms with Gasteiger partial charge in [-0.3, -0.25) is 14.5 Å². The van der Waals surface area contributed by atoms with Crippen molar-refractivity contribution in [2.24, 2.45) is 0 Å². The highest BCUT2D eigenvalue weighted by molar-refractivity contribution is 8.00. The quantitative estimate of drug-likeness (QED) is 0.439. The Morgan fingerprint density at radius 2 is 1.80 bits per heavy atom. The molecule has 0 bridgehead atoms. The van der Waals surface area contributed by atoms with Crippen LogP contribution in [0.2, 0.25) is 0 Å². The Bertz CT molecular complexity index is 1230. The van der Waals surface area contributed by atoms with Gasteiger partial charge in [0.05, 0.1) is 11.1 Å². The minimum atomic E-state index is -1.11. The summed E-state index contributed by atoms with van der Waals surface area (Å²) in [4.78, 5) is 42.9. The molecule has 1 aliphatic carbocycles. The topological polar surface area (TPSA) is 112 Å². The summed E-state index contributed by atoms with van der Waals surface area (Å²) in [6.45, 7) is 0. The van der Waals surface area contributed by atoms with Crippen molar-refractivity contribution in [1.82, 2.24) is 15.2 Å². The van der Waals surface area contributed by atoms with Crippen molar-refractivity contribution in [3.8, 4) is 11.3 Å². The molecule has 8 nitrogen and oxygen atoms in total. The number of carbonyl (C=O) groups excluding carboxylic acids is 2. The number of carbonyl (C=O) groups is 3. The van der Waals surface area contributed by atoms with Gasteiger partial charge in [0, 0.05) is 34.7 Å². The van der Waals surface area contributed by atoms with E-state index in [1.807, 2.05) is 47.8 Å². The lowest BCUT2D eigenvalue weighted by atomic mass is 10.1. The molecule has 2 unspecified atom stereocenters. The molecule has 2 aliphatic rings. The second kappa shape index (κ2) is 10.1. The van der Waals surface area contributed by atoms with Crippen LogP contribution in [0.1, 0.15) is 28.8 Å². The van der Waals surface area contributed by atoms with E-state index >= 15 is 0 Å². The summed E-state index contributed by atoms with van der Waals surface area (Å²) in [5.74, 6) is -0.0742. The first-order valence-electron chi connectivity index (χ1n) is 11.3. The number of aromatic nitrogens is 1. The zero-order chi connectivity index (χ0) is 24.4. The Morgan fingerprint density at radius 1 is 1.06 bits per heavy atom. The average Bonchev–Trinajstić information content (AvgIpc) is 3.37. The van der Waals surface area contributed by atoms with Crippen molar-refractivity contribution < 1.29 is 19.5 Å². The van der Waals surface area contributed by atoms with Crippen molar-refractivity contribution in [3.05, 3.63) is 71.1 Å². The van der Waals surface area contributed by atoms with Crippen molar-refractivity contribution >= 4 is 46.1 Å². The van der Waals surface area contributed by atoms with Gasteiger partial charge in [-0.15, -0.1) is 23.1 Å². The molecule has 1 aromatic heterocycles. The first kappa shape index (κ1) is 23.4. The zero-order valence-corrected chi connectivity index (χ0v) is 20.3. The number of hydrogen-bond acceptors (Lipinski definition) is 6. The smallest absolute Gasteiger partial charge is 0.408 e. The van der Waals surface area contributed by atoms with Gasteiger partial charge in [0.25, 0.3) is 5.91 Å². The van der Waals surface area contributed by atoms with Crippen LogP contribution in [0.5, 0.6) is 0 Å². The fourth-order valence-electron chi connectivity index (χ4n) is 3.94. The van der Waals surface area contributed by atoms with Crippen LogP contribution in [0.25, 0.3) is 11.3 Å². The normalized spacial score (nSPS) is 19.4. The minimum Gasteiger partial charge on any atom is -0.465 e. The third-order valence-corrected chi connectivity index (χ3v) is 8.00. The molecule has 1 aliphatic heterocycles. The Kier molecular flexibility index (Phi) is 6.74. The maximum Gasteiger partial charge on any atom is 0.408 e. The molecule has 0 spiro atoms. The molecule has 3 amide bonds. The van der Waals surface area contributed by atoms with Crippen LogP contribution in [0.4, 0.5) is 9.93 Å². The van der Waals surface area contributed by atoms with Gasteiger partial charge < -0.3 is 15.7 Å². The predicted octanol–water partition coefficient (Wildman–Crippen LogP) is 4.31. The van der Waals surface area contributed by atoms with Gasteiger partial charge in [-0.1, -0.05) is 42.5 Å². The van der Waals surface area contributed by atoms with Crippen LogP contribution in [0.15, 0.2) is 60.0 Å². The molecule has 2 aromatic carbocycles. The lowest BCUT2D eigenvalue weighted by Crippen LogP contribution is -2.47. The summed E-state index contributed by atoms with van der Waals surface area (Å²) in [5.41, 5.74) is 3.13. The Labute approximate surface area is 210 Å². The second-order valence-corrected chi connectivity index (χ2v) is 10.6. The van der Waals surface area contributed by atoms with Gasteiger partial charge in [-0.2, -0.15) is 0 Å². The Hall–Kier alpha value is -3.37. The molecule has 1 saturated heterocycles. The average molecular weight is 509 g/mol. The molecule has 0 radical (unpaired) electrons. The summed E-state index contributed by atoms with van der Waals surface area (Å²) < 4.78 is 0. The summed E-state index contributed by atoms with van der Waals surface area (Å²) in [5, 5.41) is 17.5. The Balaban J connectivity index is 1.22. The first-order valence-corrected chi connectivity index (χ1v) is 13.3. The van der Waals surface area contributed by atoms with Gasteiger partial charge in [0.15, 0.2) is 5.13 Å². The largest absolute Gasteiger partial charge is 0.465 e.